The van der Waals surface area contributed by atoms with E-state index in [-0.39, 0.29) is 11.7 Å². The molecule has 2 saturated heterocycles. The van der Waals surface area contributed by atoms with Crippen molar-refractivity contribution < 1.29 is 14.3 Å². The normalized spacial score (nSPS) is 21.3. The van der Waals surface area contributed by atoms with Gasteiger partial charge in [0.2, 0.25) is 0 Å². The first kappa shape index (κ1) is 17.9. The molecule has 2 aliphatic rings. The van der Waals surface area contributed by atoms with Gasteiger partial charge in [0.25, 0.3) is 5.91 Å². The van der Waals surface area contributed by atoms with Crippen molar-refractivity contribution in [1.29, 1.82) is 0 Å². The first-order valence-corrected chi connectivity index (χ1v) is 9.14. The van der Waals surface area contributed by atoms with E-state index in [1.165, 1.54) is 19.8 Å². The molecule has 136 valence electrons. The highest BCUT2D eigenvalue weighted by molar-refractivity contribution is 5.94. The zero-order chi connectivity index (χ0) is 18.0. The summed E-state index contributed by atoms with van der Waals surface area (Å²) >= 11 is 0. The van der Waals surface area contributed by atoms with Gasteiger partial charge >= 0.3 is 0 Å². The van der Waals surface area contributed by atoms with Gasteiger partial charge in [0.05, 0.1) is 0 Å². The summed E-state index contributed by atoms with van der Waals surface area (Å²) in [7, 11) is 2.16. The molecule has 0 radical (unpaired) electrons. The van der Waals surface area contributed by atoms with Crippen LogP contribution < -0.4 is 4.74 Å². The van der Waals surface area contributed by atoms with Crippen molar-refractivity contribution in [2.24, 2.45) is 5.41 Å². The van der Waals surface area contributed by atoms with E-state index in [4.69, 9.17) is 4.74 Å². The second-order valence-corrected chi connectivity index (χ2v) is 7.66. The largest absolute Gasteiger partial charge is 0.481 e. The van der Waals surface area contributed by atoms with E-state index in [1.807, 2.05) is 4.90 Å². The highest BCUT2D eigenvalue weighted by Gasteiger charge is 2.42. The zero-order valence-electron chi connectivity index (χ0n) is 15.5. The molecule has 2 heterocycles. The molecule has 5 heteroatoms. The molecule has 0 aliphatic carbocycles. The Morgan fingerprint density at radius 3 is 2.52 bits per heavy atom. The van der Waals surface area contributed by atoms with Gasteiger partial charge < -0.3 is 14.5 Å². The number of piperidine rings is 1. The van der Waals surface area contributed by atoms with Crippen LogP contribution >= 0.6 is 0 Å². The molecule has 3 rings (SSSR count). The van der Waals surface area contributed by atoms with Crippen molar-refractivity contribution in [2.75, 3.05) is 33.2 Å². The summed E-state index contributed by atoms with van der Waals surface area (Å²) in [6.07, 6.45) is 2.90. The minimum atomic E-state index is -0.538. The Balaban J connectivity index is 1.60. The third kappa shape index (κ3) is 4.03. The van der Waals surface area contributed by atoms with Crippen LogP contribution in [0.15, 0.2) is 24.3 Å². The van der Waals surface area contributed by atoms with Crippen LogP contribution in [0, 0.1) is 5.41 Å². The van der Waals surface area contributed by atoms with Crippen molar-refractivity contribution in [3.63, 3.8) is 0 Å². The Bertz CT molecular complexity index is 650. The van der Waals surface area contributed by atoms with E-state index in [1.54, 1.807) is 31.2 Å². The fourth-order valence-corrected chi connectivity index (χ4v) is 3.92. The molecule has 1 atom stereocenters. The van der Waals surface area contributed by atoms with E-state index in [0.717, 1.165) is 32.6 Å². The van der Waals surface area contributed by atoms with Gasteiger partial charge in [-0.2, -0.15) is 0 Å². The summed E-state index contributed by atoms with van der Waals surface area (Å²) in [6.45, 7) is 7.23. The van der Waals surface area contributed by atoms with Gasteiger partial charge in [0.15, 0.2) is 11.9 Å². The molecule has 0 saturated carbocycles. The maximum atomic E-state index is 12.8. The van der Waals surface area contributed by atoms with Crippen LogP contribution in [0.5, 0.6) is 5.75 Å². The third-order valence-electron chi connectivity index (χ3n) is 5.70. The zero-order valence-corrected chi connectivity index (χ0v) is 15.5. The lowest BCUT2D eigenvalue weighted by Gasteiger charge is -2.37. The lowest BCUT2D eigenvalue weighted by molar-refractivity contribution is -0.137. The Kier molecular flexibility index (Phi) is 5.13. The van der Waals surface area contributed by atoms with Crippen LogP contribution in [0.1, 0.15) is 43.5 Å². The number of rotatable bonds is 4. The highest BCUT2D eigenvalue weighted by Crippen LogP contribution is 2.40. The number of amides is 1. The molecule has 1 aromatic rings. The van der Waals surface area contributed by atoms with Gasteiger partial charge in [0, 0.05) is 18.7 Å². The fourth-order valence-electron chi connectivity index (χ4n) is 3.92. The average Bonchev–Trinajstić information content (AvgIpc) is 3.01. The summed E-state index contributed by atoms with van der Waals surface area (Å²) < 4.78 is 5.82. The minimum absolute atomic E-state index is 0.00631. The summed E-state index contributed by atoms with van der Waals surface area (Å²) in [6, 6.07) is 7.03. The van der Waals surface area contributed by atoms with E-state index in [2.05, 4.69) is 11.9 Å². The molecule has 1 unspecified atom stereocenters. The Morgan fingerprint density at radius 1 is 1.16 bits per heavy atom. The third-order valence-corrected chi connectivity index (χ3v) is 5.70. The van der Waals surface area contributed by atoms with Crippen LogP contribution in [0.25, 0.3) is 0 Å². The van der Waals surface area contributed by atoms with E-state index in [9.17, 15) is 9.59 Å². The number of benzene rings is 1. The van der Waals surface area contributed by atoms with E-state index in [0.29, 0.717) is 16.7 Å². The number of Topliss-reactive ketones (excluding diaryl/α,β-unsaturated/α-hetero) is 1. The van der Waals surface area contributed by atoms with Gasteiger partial charge in [-0.3, -0.25) is 9.59 Å². The van der Waals surface area contributed by atoms with Crippen molar-refractivity contribution in [2.45, 2.75) is 39.2 Å². The van der Waals surface area contributed by atoms with E-state index < -0.39 is 6.10 Å². The maximum Gasteiger partial charge on any atom is 0.263 e. The number of hydrogen-bond donors (Lipinski definition) is 0. The van der Waals surface area contributed by atoms with Crippen LogP contribution in [-0.2, 0) is 4.79 Å². The minimum Gasteiger partial charge on any atom is -0.481 e. The number of ketones is 1. The van der Waals surface area contributed by atoms with Crippen molar-refractivity contribution in [3.05, 3.63) is 29.8 Å². The highest BCUT2D eigenvalue weighted by atomic mass is 16.5. The molecule has 2 fully saturated rings. The van der Waals surface area contributed by atoms with Gasteiger partial charge in [0.1, 0.15) is 5.75 Å². The van der Waals surface area contributed by atoms with Crippen LogP contribution in [0.3, 0.4) is 0 Å². The molecule has 0 aromatic heterocycles. The number of ether oxygens (including phenoxy) is 1. The molecule has 1 spiro atoms. The molecule has 2 aliphatic heterocycles. The Labute approximate surface area is 149 Å². The monoisotopic (exact) mass is 344 g/mol. The molecule has 1 amide bonds. The molecular weight excluding hydrogens is 316 g/mol. The van der Waals surface area contributed by atoms with Gasteiger partial charge in [-0.15, -0.1) is 0 Å². The van der Waals surface area contributed by atoms with Crippen molar-refractivity contribution in [3.8, 4) is 5.75 Å². The predicted octanol–water partition coefficient (Wildman–Crippen LogP) is 2.60. The quantitative estimate of drug-likeness (QED) is 0.788. The number of nitrogens with zero attached hydrogens (tertiary/aromatic N) is 2. The standard InChI is InChI=1S/C20H28N2O3/c1-15(23)17-5-4-6-18(13-17)25-16(2)19(24)22-12-9-20(14-22)7-10-21(3)11-8-20/h4-6,13,16H,7-12,14H2,1-3H3. The molecule has 0 bridgehead atoms. The molecule has 0 N–H and O–H groups in total. The first-order valence-electron chi connectivity index (χ1n) is 9.14. The van der Waals surface area contributed by atoms with Gasteiger partial charge in [-0.25, -0.2) is 0 Å². The summed E-state index contributed by atoms with van der Waals surface area (Å²) in [5.41, 5.74) is 0.903. The predicted molar refractivity (Wildman–Crippen MR) is 96.9 cm³/mol. The van der Waals surface area contributed by atoms with Crippen LogP contribution in [-0.4, -0.2) is 60.8 Å². The number of carbonyl (C=O) groups is 2. The molecular formula is C20H28N2O3. The van der Waals surface area contributed by atoms with Crippen molar-refractivity contribution >= 4 is 11.7 Å². The van der Waals surface area contributed by atoms with Gasteiger partial charge in [-0.1, -0.05) is 12.1 Å². The number of carbonyl (C=O) groups excluding carboxylic acids is 2. The molecule has 25 heavy (non-hydrogen) atoms. The molecule has 1 aromatic carbocycles. The maximum absolute atomic E-state index is 12.8. The first-order chi connectivity index (χ1) is 11.9. The summed E-state index contributed by atoms with van der Waals surface area (Å²) in [4.78, 5) is 28.6. The lowest BCUT2D eigenvalue weighted by atomic mass is 9.78. The van der Waals surface area contributed by atoms with Gasteiger partial charge in [-0.05, 0) is 70.8 Å². The smallest absolute Gasteiger partial charge is 0.263 e. The lowest BCUT2D eigenvalue weighted by Crippen LogP contribution is -2.43. The Morgan fingerprint density at radius 2 is 1.84 bits per heavy atom. The SMILES string of the molecule is CC(=O)c1cccc(OC(C)C(=O)N2CCC3(CCN(C)CC3)C2)c1. The summed E-state index contributed by atoms with van der Waals surface area (Å²) in [5, 5.41) is 0. The fraction of sp³-hybridized carbons (Fsp3) is 0.600. The number of hydrogen-bond acceptors (Lipinski definition) is 4. The topological polar surface area (TPSA) is 49.9 Å². The Hall–Kier alpha value is -1.88. The second kappa shape index (κ2) is 7.16. The van der Waals surface area contributed by atoms with Crippen molar-refractivity contribution in [1.82, 2.24) is 9.80 Å². The summed E-state index contributed by atoms with van der Waals surface area (Å²) in [5.74, 6) is 0.610. The average molecular weight is 344 g/mol. The second-order valence-electron chi connectivity index (χ2n) is 7.66. The molecule has 5 nitrogen and oxygen atoms in total. The van der Waals surface area contributed by atoms with Crippen LogP contribution in [0.2, 0.25) is 0 Å². The number of likely N-dealkylation sites (tertiary alicyclic amines) is 2. The van der Waals surface area contributed by atoms with E-state index >= 15 is 0 Å². The van der Waals surface area contributed by atoms with Crippen LogP contribution in [0.4, 0.5) is 0 Å².